The summed E-state index contributed by atoms with van der Waals surface area (Å²) in [4.78, 5) is 15.6. The lowest BCUT2D eigenvalue weighted by Crippen LogP contribution is -2.19. The molecule has 1 heterocycles. The van der Waals surface area contributed by atoms with Gasteiger partial charge in [-0.25, -0.2) is 5.43 Å². The number of hydrazone groups is 1. The van der Waals surface area contributed by atoms with Crippen LogP contribution in [0.15, 0.2) is 53.9 Å². The number of nitrogens with zero attached hydrogens (tertiary/aromatic N) is 2. The number of hydrogen-bond donors (Lipinski definition) is 1. The highest BCUT2D eigenvalue weighted by Gasteiger charge is 2.30. The zero-order valence-electron chi connectivity index (χ0n) is 11.6. The zero-order chi connectivity index (χ0) is 16.2. The third kappa shape index (κ3) is 3.91. The predicted octanol–water partition coefficient (Wildman–Crippen LogP) is 3.25. The molecule has 7 heteroatoms. The average Bonchev–Trinajstić information content (AvgIpc) is 2.52. The van der Waals surface area contributed by atoms with E-state index in [1.165, 1.54) is 43.6 Å². The lowest BCUT2D eigenvalue weighted by atomic mass is 10.1. The predicted molar refractivity (Wildman–Crippen MR) is 75.4 cm³/mol. The minimum absolute atomic E-state index is 0.272. The lowest BCUT2D eigenvalue weighted by molar-refractivity contribution is -0.137. The van der Waals surface area contributed by atoms with Gasteiger partial charge in [-0.3, -0.25) is 9.78 Å². The summed E-state index contributed by atoms with van der Waals surface area (Å²) in [7, 11) is 0. The van der Waals surface area contributed by atoms with Gasteiger partial charge in [-0.1, -0.05) is 12.1 Å². The van der Waals surface area contributed by atoms with E-state index in [4.69, 9.17) is 0 Å². The van der Waals surface area contributed by atoms with Crippen LogP contribution in [-0.4, -0.2) is 16.6 Å². The highest BCUT2D eigenvalue weighted by atomic mass is 19.4. The number of hydrogen-bond acceptors (Lipinski definition) is 3. The molecule has 0 atom stereocenters. The molecular weight excluding hydrogens is 295 g/mol. The van der Waals surface area contributed by atoms with Crippen molar-refractivity contribution >= 4 is 11.6 Å². The average molecular weight is 307 g/mol. The first kappa shape index (κ1) is 15.7. The quantitative estimate of drug-likeness (QED) is 0.699. The number of benzene rings is 1. The number of carbonyl (C=O) groups excluding carboxylic acids is 1. The molecule has 0 saturated heterocycles. The number of carbonyl (C=O) groups is 1. The van der Waals surface area contributed by atoms with Crippen LogP contribution < -0.4 is 5.43 Å². The molecule has 0 aliphatic heterocycles. The molecule has 0 saturated carbocycles. The van der Waals surface area contributed by atoms with Crippen molar-refractivity contribution in [1.29, 1.82) is 0 Å². The molecule has 0 aliphatic carbocycles. The SMILES string of the molecule is C/C(=N/NC(=O)c1ccncc1)c1cccc(C(F)(F)F)c1. The summed E-state index contributed by atoms with van der Waals surface area (Å²) in [6, 6.07) is 7.76. The van der Waals surface area contributed by atoms with Gasteiger partial charge in [0.15, 0.2) is 0 Å². The first-order chi connectivity index (χ1) is 10.4. The van der Waals surface area contributed by atoms with Gasteiger partial charge in [-0.2, -0.15) is 18.3 Å². The molecule has 1 aromatic carbocycles. The Balaban J connectivity index is 2.14. The van der Waals surface area contributed by atoms with Crippen molar-refractivity contribution in [3.8, 4) is 0 Å². The number of halogens is 3. The number of pyridine rings is 1. The fourth-order valence-electron chi connectivity index (χ4n) is 1.69. The van der Waals surface area contributed by atoms with Gasteiger partial charge >= 0.3 is 6.18 Å². The number of aromatic nitrogens is 1. The largest absolute Gasteiger partial charge is 0.416 e. The van der Waals surface area contributed by atoms with E-state index < -0.39 is 17.6 Å². The van der Waals surface area contributed by atoms with Gasteiger partial charge in [0.1, 0.15) is 0 Å². The van der Waals surface area contributed by atoms with Crippen molar-refractivity contribution in [2.45, 2.75) is 13.1 Å². The van der Waals surface area contributed by atoms with Crippen molar-refractivity contribution in [3.63, 3.8) is 0 Å². The van der Waals surface area contributed by atoms with Crippen LogP contribution in [-0.2, 0) is 6.18 Å². The van der Waals surface area contributed by atoms with E-state index in [1.807, 2.05) is 0 Å². The third-order valence-electron chi connectivity index (χ3n) is 2.88. The zero-order valence-corrected chi connectivity index (χ0v) is 11.6. The third-order valence-corrected chi connectivity index (χ3v) is 2.88. The highest BCUT2D eigenvalue weighted by Crippen LogP contribution is 2.29. The molecule has 0 radical (unpaired) electrons. The first-order valence-corrected chi connectivity index (χ1v) is 6.30. The van der Waals surface area contributed by atoms with Gasteiger partial charge in [0.05, 0.1) is 11.3 Å². The molecule has 1 amide bonds. The summed E-state index contributed by atoms with van der Waals surface area (Å²) in [6.07, 6.45) is -1.51. The number of rotatable bonds is 3. The molecule has 0 aliphatic rings. The molecule has 2 rings (SSSR count). The molecule has 1 N–H and O–H groups in total. The molecule has 0 unspecified atom stereocenters. The van der Waals surface area contributed by atoms with E-state index in [0.717, 1.165) is 12.1 Å². The minimum Gasteiger partial charge on any atom is -0.267 e. The van der Waals surface area contributed by atoms with E-state index in [0.29, 0.717) is 5.56 Å². The molecule has 2 aromatic rings. The standard InChI is InChI=1S/C15H12F3N3O/c1-10(12-3-2-4-13(9-12)15(16,17)18)20-21-14(22)11-5-7-19-8-6-11/h2-9H,1H3,(H,21,22)/b20-10-. The Morgan fingerprint density at radius 3 is 2.45 bits per heavy atom. The van der Waals surface area contributed by atoms with Crippen LogP contribution in [0.3, 0.4) is 0 Å². The first-order valence-electron chi connectivity index (χ1n) is 6.30. The number of nitrogens with one attached hydrogen (secondary N) is 1. The topological polar surface area (TPSA) is 54.4 Å². The maximum absolute atomic E-state index is 12.7. The van der Waals surface area contributed by atoms with E-state index in [1.54, 1.807) is 0 Å². The second-order valence-corrected chi connectivity index (χ2v) is 4.45. The minimum atomic E-state index is -4.42. The molecule has 114 valence electrons. The van der Waals surface area contributed by atoms with Crippen molar-refractivity contribution in [1.82, 2.24) is 10.4 Å². The van der Waals surface area contributed by atoms with Gasteiger partial charge in [-0.15, -0.1) is 0 Å². The van der Waals surface area contributed by atoms with Crippen LogP contribution in [0.4, 0.5) is 13.2 Å². The van der Waals surface area contributed by atoms with E-state index in [2.05, 4.69) is 15.5 Å². The lowest BCUT2D eigenvalue weighted by Gasteiger charge is -2.08. The smallest absolute Gasteiger partial charge is 0.267 e. The second-order valence-electron chi connectivity index (χ2n) is 4.45. The number of amides is 1. The Bertz CT molecular complexity index is 697. The summed E-state index contributed by atoms with van der Waals surface area (Å²) in [5.41, 5.74) is 2.44. The molecule has 4 nitrogen and oxygen atoms in total. The Morgan fingerprint density at radius 2 is 1.82 bits per heavy atom. The second kappa shape index (κ2) is 6.38. The number of alkyl halides is 3. The summed E-state index contributed by atoms with van der Waals surface area (Å²) in [6.45, 7) is 1.52. The van der Waals surface area contributed by atoms with Crippen molar-refractivity contribution in [2.24, 2.45) is 5.10 Å². The van der Waals surface area contributed by atoms with Crippen LogP contribution in [0.2, 0.25) is 0 Å². The van der Waals surface area contributed by atoms with Gasteiger partial charge < -0.3 is 0 Å². The Labute approximate surface area is 124 Å². The Hall–Kier alpha value is -2.70. The van der Waals surface area contributed by atoms with E-state index >= 15 is 0 Å². The van der Waals surface area contributed by atoms with Crippen molar-refractivity contribution in [3.05, 3.63) is 65.5 Å². The van der Waals surface area contributed by atoms with Gasteiger partial charge in [0, 0.05) is 18.0 Å². The molecular formula is C15H12F3N3O. The van der Waals surface area contributed by atoms with Gasteiger partial charge in [-0.05, 0) is 36.8 Å². The Morgan fingerprint density at radius 1 is 1.14 bits per heavy atom. The fourth-order valence-corrected chi connectivity index (χ4v) is 1.69. The van der Waals surface area contributed by atoms with Crippen LogP contribution in [0.5, 0.6) is 0 Å². The summed E-state index contributed by atoms with van der Waals surface area (Å²) >= 11 is 0. The van der Waals surface area contributed by atoms with E-state index in [9.17, 15) is 18.0 Å². The van der Waals surface area contributed by atoms with Gasteiger partial charge in [0.2, 0.25) is 0 Å². The van der Waals surface area contributed by atoms with Crippen LogP contribution in [0.1, 0.15) is 28.4 Å². The van der Waals surface area contributed by atoms with E-state index in [-0.39, 0.29) is 11.3 Å². The van der Waals surface area contributed by atoms with Crippen molar-refractivity contribution in [2.75, 3.05) is 0 Å². The fraction of sp³-hybridized carbons (Fsp3) is 0.133. The monoisotopic (exact) mass is 307 g/mol. The van der Waals surface area contributed by atoms with Crippen LogP contribution in [0, 0.1) is 0 Å². The van der Waals surface area contributed by atoms with Crippen LogP contribution in [0.25, 0.3) is 0 Å². The normalized spacial score (nSPS) is 12.1. The molecule has 0 fully saturated rings. The summed E-state index contributed by atoms with van der Waals surface area (Å²) < 4.78 is 38.0. The van der Waals surface area contributed by atoms with Crippen LogP contribution >= 0.6 is 0 Å². The summed E-state index contributed by atoms with van der Waals surface area (Å²) in [5, 5.41) is 3.82. The van der Waals surface area contributed by atoms with Gasteiger partial charge in [0.25, 0.3) is 5.91 Å². The molecule has 1 aromatic heterocycles. The van der Waals surface area contributed by atoms with Crippen molar-refractivity contribution < 1.29 is 18.0 Å². The Kier molecular flexibility index (Phi) is 4.55. The molecule has 0 spiro atoms. The molecule has 0 bridgehead atoms. The highest BCUT2D eigenvalue weighted by molar-refractivity contribution is 6.00. The maximum atomic E-state index is 12.7. The summed E-state index contributed by atoms with van der Waals surface area (Å²) in [5.74, 6) is -0.464. The maximum Gasteiger partial charge on any atom is 0.416 e. The molecule has 22 heavy (non-hydrogen) atoms.